The number of carbonyl (C=O) groups is 1. The van der Waals surface area contributed by atoms with Crippen molar-refractivity contribution in [1.82, 2.24) is 15.0 Å². The Morgan fingerprint density at radius 3 is 2.58 bits per heavy atom. The maximum absolute atomic E-state index is 12.8. The van der Waals surface area contributed by atoms with Crippen LogP contribution in [-0.4, -0.2) is 29.3 Å². The summed E-state index contributed by atoms with van der Waals surface area (Å²) in [6, 6.07) is 12.4. The third-order valence-corrected chi connectivity index (χ3v) is 7.15. The van der Waals surface area contributed by atoms with Gasteiger partial charge in [0.05, 0.1) is 11.1 Å². The molecule has 5 rings (SSSR count). The van der Waals surface area contributed by atoms with Gasteiger partial charge >= 0.3 is 0 Å². The molecular formula is C24H21N5O3S. The van der Waals surface area contributed by atoms with Crippen LogP contribution in [0.15, 0.2) is 78.3 Å². The summed E-state index contributed by atoms with van der Waals surface area (Å²) in [7, 11) is -3.76. The molecule has 1 fully saturated rings. The van der Waals surface area contributed by atoms with Crippen molar-refractivity contribution in [3.63, 3.8) is 0 Å². The van der Waals surface area contributed by atoms with Crippen LogP contribution in [-0.2, 0) is 14.8 Å². The molecule has 166 valence electrons. The molecule has 0 radical (unpaired) electrons. The predicted molar refractivity (Wildman–Crippen MR) is 125 cm³/mol. The summed E-state index contributed by atoms with van der Waals surface area (Å²) in [6.07, 6.45) is 8.55. The van der Waals surface area contributed by atoms with Gasteiger partial charge in [-0.3, -0.25) is 19.5 Å². The summed E-state index contributed by atoms with van der Waals surface area (Å²) in [4.78, 5) is 24.9. The molecule has 1 aliphatic rings. The Kier molecular flexibility index (Phi) is 5.26. The van der Waals surface area contributed by atoms with E-state index in [2.05, 4.69) is 25.0 Å². The van der Waals surface area contributed by atoms with Crippen LogP contribution < -0.4 is 10.0 Å². The zero-order valence-corrected chi connectivity index (χ0v) is 18.6. The lowest BCUT2D eigenvalue weighted by molar-refractivity contribution is -0.117. The molecular weight excluding hydrogens is 438 g/mol. The van der Waals surface area contributed by atoms with Gasteiger partial charge in [0.25, 0.3) is 10.0 Å². The van der Waals surface area contributed by atoms with E-state index in [1.54, 1.807) is 36.7 Å². The van der Waals surface area contributed by atoms with Gasteiger partial charge in [-0.1, -0.05) is 18.2 Å². The third kappa shape index (κ3) is 4.40. The van der Waals surface area contributed by atoms with E-state index in [-0.39, 0.29) is 28.5 Å². The summed E-state index contributed by atoms with van der Waals surface area (Å²) in [5.41, 5.74) is 2.75. The van der Waals surface area contributed by atoms with Crippen LogP contribution in [0.1, 0.15) is 23.5 Å². The van der Waals surface area contributed by atoms with E-state index in [1.165, 1.54) is 18.6 Å². The Hall–Kier alpha value is -3.85. The zero-order valence-electron chi connectivity index (χ0n) is 17.8. The lowest BCUT2D eigenvalue weighted by Gasteiger charge is -2.09. The van der Waals surface area contributed by atoms with Gasteiger partial charge in [0.15, 0.2) is 5.82 Å². The van der Waals surface area contributed by atoms with Crippen LogP contribution in [0.2, 0.25) is 0 Å². The zero-order chi connectivity index (χ0) is 23.0. The Bertz CT molecular complexity index is 1440. The van der Waals surface area contributed by atoms with Crippen molar-refractivity contribution in [2.24, 2.45) is 5.92 Å². The molecule has 2 heterocycles. The lowest BCUT2D eigenvalue weighted by atomic mass is 10.1. The van der Waals surface area contributed by atoms with Gasteiger partial charge in [0.1, 0.15) is 0 Å². The van der Waals surface area contributed by atoms with Gasteiger partial charge in [0.2, 0.25) is 5.91 Å². The van der Waals surface area contributed by atoms with Crippen molar-refractivity contribution in [2.75, 3.05) is 10.0 Å². The minimum absolute atomic E-state index is 0.0351. The van der Waals surface area contributed by atoms with Gasteiger partial charge in [-0.25, -0.2) is 13.4 Å². The summed E-state index contributed by atoms with van der Waals surface area (Å²) in [5, 5.41) is 5.09. The molecule has 0 saturated heterocycles. The number of fused-ring (bicyclic) bond motifs is 1. The molecule has 0 unspecified atom stereocenters. The number of nitrogens with zero attached hydrogens (tertiary/aromatic N) is 3. The summed E-state index contributed by atoms with van der Waals surface area (Å²) in [6.45, 7) is 1.99. The van der Waals surface area contributed by atoms with E-state index in [1.807, 2.05) is 25.1 Å². The van der Waals surface area contributed by atoms with Gasteiger partial charge in [0, 0.05) is 41.8 Å². The van der Waals surface area contributed by atoms with E-state index in [0.717, 1.165) is 34.0 Å². The molecule has 0 spiro atoms. The van der Waals surface area contributed by atoms with Gasteiger partial charge in [-0.05, 0) is 60.0 Å². The fourth-order valence-electron chi connectivity index (χ4n) is 3.92. The first-order chi connectivity index (χ1) is 15.9. The first-order valence-corrected chi connectivity index (χ1v) is 11.9. The number of aryl methyl sites for hydroxylation is 1. The molecule has 1 aliphatic carbocycles. The fraction of sp³-hybridized carbons (Fsp3) is 0.167. The molecule has 8 nitrogen and oxygen atoms in total. The first kappa shape index (κ1) is 21.0. The largest absolute Gasteiger partial charge is 0.326 e. The summed E-state index contributed by atoms with van der Waals surface area (Å²) >= 11 is 0. The average Bonchev–Trinajstić information content (AvgIpc) is 3.61. The summed E-state index contributed by atoms with van der Waals surface area (Å²) < 4.78 is 27.5. The van der Waals surface area contributed by atoms with Crippen LogP contribution in [0.5, 0.6) is 0 Å². The second kappa shape index (κ2) is 8.25. The SMILES string of the molecule is Cc1cncc2ccc(NC(=O)[C@@H]3C[C@H]3c3ccc(S(=O)(=O)Nc4cnccn4)cc3)cc12. The monoisotopic (exact) mass is 459 g/mol. The number of carbonyl (C=O) groups excluding carboxylic acids is 1. The van der Waals surface area contributed by atoms with Crippen LogP contribution in [0.25, 0.3) is 10.8 Å². The number of hydrogen-bond acceptors (Lipinski definition) is 6. The van der Waals surface area contributed by atoms with Crippen LogP contribution >= 0.6 is 0 Å². The fourth-order valence-corrected chi connectivity index (χ4v) is 4.91. The standard InChI is InChI=1S/C24H21N5O3S/c1-15-12-26-13-17-2-5-18(10-20(15)17)28-24(30)22-11-21(22)16-3-6-19(7-4-16)33(31,32)29-23-14-25-8-9-27-23/h2-10,12-14,21-22H,11H2,1H3,(H,27,29)(H,28,30)/t21-,22+/m0/s1. The molecule has 2 aromatic heterocycles. The highest BCUT2D eigenvalue weighted by atomic mass is 32.2. The number of sulfonamides is 1. The van der Waals surface area contributed by atoms with Gasteiger partial charge < -0.3 is 5.32 Å². The highest BCUT2D eigenvalue weighted by molar-refractivity contribution is 7.92. The minimum Gasteiger partial charge on any atom is -0.326 e. The Morgan fingerprint density at radius 2 is 1.82 bits per heavy atom. The molecule has 0 bridgehead atoms. The van der Waals surface area contributed by atoms with Crippen molar-refractivity contribution >= 4 is 38.2 Å². The Morgan fingerprint density at radius 1 is 1.00 bits per heavy atom. The van der Waals surface area contributed by atoms with E-state index in [4.69, 9.17) is 0 Å². The normalized spacial score (nSPS) is 17.5. The lowest BCUT2D eigenvalue weighted by Crippen LogP contribution is -2.15. The number of anilines is 2. The quantitative estimate of drug-likeness (QED) is 0.452. The summed E-state index contributed by atoms with van der Waals surface area (Å²) in [5.74, 6) is 0.0493. The highest BCUT2D eigenvalue weighted by Crippen LogP contribution is 2.48. The predicted octanol–water partition coefficient (Wildman–Crippen LogP) is 3.88. The maximum atomic E-state index is 12.8. The number of nitrogens with one attached hydrogen (secondary N) is 2. The van der Waals surface area contributed by atoms with Crippen molar-refractivity contribution in [3.05, 3.63) is 84.6 Å². The van der Waals surface area contributed by atoms with Crippen LogP contribution in [0.3, 0.4) is 0 Å². The number of benzene rings is 2. The molecule has 2 N–H and O–H groups in total. The second-order valence-electron chi connectivity index (χ2n) is 8.10. The molecule has 9 heteroatoms. The molecule has 33 heavy (non-hydrogen) atoms. The Labute approximate surface area is 191 Å². The van der Waals surface area contributed by atoms with Gasteiger partial charge in [-0.2, -0.15) is 0 Å². The molecule has 1 saturated carbocycles. The van der Waals surface area contributed by atoms with E-state index >= 15 is 0 Å². The van der Waals surface area contributed by atoms with Crippen molar-refractivity contribution in [1.29, 1.82) is 0 Å². The van der Waals surface area contributed by atoms with Gasteiger partial charge in [-0.15, -0.1) is 0 Å². The van der Waals surface area contributed by atoms with E-state index in [0.29, 0.717) is 0 Å². The highest BCUT2D eigenvalue weighted by Gasteiger charge is 2.44. The maximum Gasteiger partial charge on any atom is 0.263 e. The first-order valence-electron chi connectivity index (χ1n) is 10.4. The topological polar surface area (TPSA) is 114 Å². The van der Waals surface area contributed by atoms with Crippen molar-refractivity contribution < 1.29 is 13.2 Å². The number of rotatable bonds is 6. The minimum atomic E-state index is -3.76. The Balaban J connectivity index is 1.25. The number of aromatic nitrogens is 3. The third-order valence-electron chi connectivity index (χ3n) is 5.78. The molecule has 1 amide bonds. The van der Waals surface area contributed by atoms with E-state index in [9.17, 15) is 13.2 Å². The molecule has 2 atom stereocenters. The molecule has 4 aromatic rings. The van der Waals surface area contributed by atoms with E-state index < -0.39 is 10.0 Å². The number of amides is 1. The number of hydrogen-bond donors (Lipinski definition) is 2. The molecule has 2 aromatic carbocycles. The van der Waals surface area contributed by atoms with Crippen molar-refractivity contribution in [3.8, 4) is 0 Å². The van der Waals surface area contributed by atoms with Crippen LogP contribution in [0, 0.1) is 12.8 Å². The smallest absolute Gasteiger partial charge is 0.263 e. The molecule has 0 aliphatic heterocycles. The number of pyridine rings is 1. The second-order valence-corrected chi connectivity index (χ2v) is 9.78. The van der Waals surface area contributed by atoms with Crippen LogP contribution in [0.4, 0.5) is 11.5 Å². The average molecular weight is 460 g/mol. The van der Waals surface area contributed by atoms with Crippen molar-refractivity contribution in [2.45, 2.75) is 24.2 Å².